The molecule has 0 bridgehead atoms. The minimum atomic E-state index is -0.950. The summed E-state index contributed by atoms with van der Waals surface area (Å²) in [4.78, 5) is 35.9. The number of carbonyl (C=O) groups excluding carboxylic acids is 3. The lowest BCUT2D eigenvalue weighted by atomic mass is 9.96. The molecule has 0 spiro atoms. The van der Waals surface area contributed by atoms with Crippen molar-refractivity contribution >= 4 is 23.4 Å². The number of primary amides is 1. The molecule has 0 aliphatic heterocycles. The van der Waals surface area contributed by atoms with Crippen molar-refractivity contribution in [3.8, 4) is 0 Å². The number of anilines is 1. The molecule has 0 unspecified atom stereocenters. The van der Waals surface area contributed by atoms with Crippen LogP contribution in [0.5, 0.6) is 0 Å². The number of hydrogen-bond donors (Lipinski definition) is 3. The Morgan fingerprint density at radius 2 is 1.83 bits per heavy atom. The maximum absolute atomic E-state index is 12.5. The summed E-state index contributed by atoms with van der Waals surface area (Å²) >= 11 is 0. The number of carbonyl (C=O) groups is 3. The first-order valence-electron chi connectivity index (χ1n) is 7.87. The molecular weight excluding hydrogens is 294 g/mol. The van der Waals surface area contributed by atoms with Gasteiger partial charge >= 0.3 is 0 Å². The highest BCUT2D eigenvalue weighted by atomic mass is 16.2. The van der Waals surface area contributed by atoms with E-state index >= 15 is 0 Å². The zero-order chi connectivity index (χ0) is 17.0. The number of rotatable bonds is 5. The maximum Gasteiger partial charge on any atom is 0.252 e. The molecule has 0 heterocycles. The van der Waals surface area contributed by atoms with E-state index < -0.39 is 11.4 Å². The van der Waals surface area contributed by atoms with E-state index in [4.69, 9.17) is 5.73 Å². The van der Waals surface area contributed by atoms with Crippen LogP contribution in [0, 0.1) is 5.92 Å². The summed E-state index contributed by atoms with van der Waals surface area (Å²) < 4.78 is 0. The average Bonchev–Trinajstić information content (AvgIpc) is 2.97. The summed E-state index contributed by atoms with van der Waals surface area (Å²) in [6.07, 6.45) is 2.87. The highest BCUT2D eigenvalue weighted by molar-refractivity contribution is 6.00. The van der Waals surface area contributed by atoms with Gasteiger partial charge in [0.05, 0.1) is 0 Å². The van der Waals surface area contributed by atoms with Crippen LogP contribution in [0.4, 0.5) is 5.69 Å². The number of amides is 3. The monoisotopic (exact) mass is 317 g/mol. The van der Waals surface area contributed by atoms with Gasteiger partial charge in [-0.2, -0.15) is 0 Å². The number of nitrogens with two attached hydrogens (primary N) is 1. The minimum absolute atomic E-state index is 0.119. The number of hydrogen-bond acceptors (Lipinski definition) is 3. The van der Waals surface area contributed by atoms with Crippen LogP contribution >= 0.6 is 0 Å². The summed E-state index contributed by atoms with van der Waals surface area (Å²) in [5.41, 5.74) is 5.47. The Morgan fingerprint density at radius 3 is 2.39 bits per heavy atom. The molecule has 0 saturated heterocycles. The van der Waals surface area contributed by atoms with Crippen LogP contribution in [0.3, 0.4) is 0 Å². The third-order valence-corrected chi connectivity index (χ3v) is 4.20. The van der Waals surface area contributed by atoms with Crippen molar-refractivity contribution in [1.29, 1.82) is 0 Å². The van der Waals surface area contributed by atoms with E-state index in [-0.39, 0.29) is 17.7 Å². The first kappa shape index (κ1) is 17.0. The smallest absolute Gasteiger partial charge is 0.252 e. The lowest BCUT2D eigenvalue weighted by Gasteiger charge is -2.26. The third-order valence-electron chi connectivity index (χ3n) is 4.20. The normalized spacial score (nSPS) is 16.1. The fourth-order valence-electron chi connectivity index (χ4n) is 2.73. The van der Waals surface area contributed by atoms with Gasteiger partial charge in [0.25, 0.3) is 5.91 Å². The van der Waals surface area contributed by atoms with Crippen LogP contribution in [-0.2, 0) is 9.59 Å². The Balaban J connectivity index is 2.13. The van der Waals surface area contributed by atoms with Gasteiger partial charge in [-0.1, -0.05) is 32.8 Å². The number of nitrogens with one attached hydrogen (secondary N) is 2. The van der Waals surface area contributed by atoms with E-state index in [1.165, 1.54) is 0 Å². The summed E-state index contributed by atoms with van der Waals surface area (Å²) in [5.74, 6) is -1.12. The van der Waals surface area contributed by atoms with Crippen LogP contribution < -0.4 is 16.4 Å². The summed E-state index contributed by atoms with van der Waals surface area (Å²) in [6, 6.07) is 6.65. The molecule has 0 radical (unpaired) electrons. The second-order valence-electron chi connectivity index (χ2n) is 6.33. The zero-order valence-electron chi connectivity index (χ0n) is 13.5. The van der Waals surface area contributed by atoms with Crippen LogP contribution in [0.25, 0.3) is 0 Å². The van der Waals surface area contributed by atoms with E-state index in [2.05, 4.69) is 10.6 Å². The molecule has 1 fully saturated rings. The van der Waals surface area contributed by atoms with Crippen LogP contribution in [0.15, 0.2) is 24.3 Å². The third kappa shape index (κ3) is 3.88. The highest BCUT2D eigenvalue weighted by Gasteiger charge is 2.41. The largest absolute Gasteiger partial charge is 0.368 e. The predicted octanol–water partition coefficient (Wildman–Crippen LogP) is 1.81. The van der Waals surface area contributed by atoms with Gasteiger partial charge in [-0.05, 0) is 31.0 Å². The van der Waals surface area contributed by atoms with E-state index in [1.54, 1.807) is 38.1 Å². The molecular formula is C17H23N3O3. The molecule has 1 aliphatic carbocycles. The molecule has 1 aromatic carbocycles. The van der Waals surface area contributed by atoms with Crippen molar-refractivity contribution < 1.29 is 14.4 Å². The summed E-state index contributed by atoms with van der Waals surface area (Å²) in [7, 11) is 0. The van der Waals surface area contributed by atoms with E-state index in [0.29, 0.717) is 24.1 Å². The quantitative estimate of drug-likeness (QED) is 0.772. The molecule has 0 aromatic heterocycles. The van der Waals surface area contributed by atoms with Gasteiger partial charge in [0.1, 0.15) is 5.54 Å². The van der Waals surface area contributed by atoms with E-state index in [9.17, 15) is 14.4 Å². The van der Waals surface area contributed by atoms with Gasteiger partial charge < -0.3 is 16.4 Å². The topological polar surface area (TPSA) is 101 Å². The van der Waals surface area contributed by atoms with Gasteiger partial charge in [0, 0.05) is 17.2 Å². The fraction of sp³-hybridized carbons (Fsp3) is 0.471. The highest BCUT2D eigenvalue weighted by Crippen LogP contribution is 2.29. The summed E-state index contributed by atoms with van der Waals surface area (Å²) in [6.45, 7) is 3.59. The minimum Gasteiger partial charge on any atom is -0.368 e. The molecule has 2 rings (SSSR count). The Labute approximate surface area is 135 Å². The zero-order valence-corrected chi connectivity index (χ0v) is 13.5. The van der Waals surface area contributed by atoms with Crippen molar-refractivity contribution in [3.05, 3.63) is 29.8 Å². The Morgan fingerprint density at radius 1 is 1.17 bits per heavy atom. The van der Waals surface area contributed by atoms with Crippen molar-refractivity contribution in [2.75, 3.05) is 5.32 Å². The molecule has 6 heteroatoms. The molecule has 1 aromatic rings. The maximum atomic E-state index is 12.5. The van der Waals surface area contributed by atoms with Crippen molar-refractivity contribution in [2.45, 2.75) is 45.1 Å². The first-order valence-corrected chi connectivity index (χ1v) is 7.87. The second-order valence-corrected chi connectivity index (χ2v) is 6.33. The van der Waals surface area contributed by atoms with E-state index in [1.807, 2.05) is 0 Å². The summed E-state index contributed by atoms with van der Waals surface area (Å²) in [5, 5.41) is 5.54. The first-order chi connectivity index (χ1) is 10.8. The molecule has 23 heavy (non-hydrogen) atoms. The molecule has 1 saturated carbocycles. The molecule has 124 valence electrons. The molecule has 6 nitrogen and oxygen atoms in total. The van der Waals surface area contributed by atoms with Gasteiger partial charge in [-0.25, -0.2) is 0 Å². The van der Waals surface area contributed by atoms with Crippen molar-refractivity contribution in [2.24, 2.45) is 11.7 Å². The standard InChI is InChI=1S/C17H23N3O3/c1-11(2)14(21)19-13-7-5-6-12(10-13)15(22)20-17(16(18)23)8-3-4-9-17/h5-7,10-11H,3-4,8-9H2,1-2H3,(H2,18,23)(H,19,21)(H,20,22). The Kier molecular flexibility index (Phi) is 5.03. The lowest BCUT2D eigenvalue weighted by Crippen LogP contribution is -2.55. The van der Waals surface area contributed by atoms with Gasteiger partial charge in [0.2, 0.25) is 11.8 Å². The second kappa shape index (κ2) is 6.81. The molecule has 3 amide bonds. The fourth-order valence-corrected chi connectivity index (χ4v) is 2.73. The van der Waals surface area contributed by atoms with Gasteiger partial charge in [0.15, 0.2) is 0 Å². The van der Waals surface area contributed by atoms with Crippen LogP contribution in [-0.4, -0.2) is 23.3 Å². The number of benzene rings is 1. The van der Waals surface area contributed by atoms with Crippen LogP contribution in [0.2, 0.25) is 0 Å². The molecule has 0 atom stereocenters. The van der Waals surface area contributed by atoms with E-state index in [0.717, 1.165) is 12.8 Å². The van der Waals surface area contributed by atoms with Crippen LogP contribution in [0.1, 0.15) is 49.9 Å². The molecule has 4 N–H and O–H groups in total. The lowest BCUT2D eigenvalue weighted by molar-refractivity contribution is -0.124. The van der Waals surface area contributed by atoms with Crippen molar-refractivity contribution in [3.63, 3.8) is 0 Å². The van der Waals surface area contributed by atoms with Gasteiger partial charge in [-0.15, -0.1) is 0 Å². The van der Waals surface area contributed by atoms with Gasteiger partial charge in [-0.3, -0.25) is 14.4 Å². The van der Waals surface area contributed by atoms with Crippen molar-refractivity contribution in [1.82, 2.24) is 5.32 Å². The Hall–Kier alpha value is -2.37. The Bertz CT molecular complexity index is 619. The predicted molar refractivity (Wildman–Crippen MR) is 87.8 cm³/mol. The molecule has 1 aliphatic rings. The SMILES string of the molecule is CC(C)C(=O)Nc1cccc(C(=O)NC2(C(N)=O)CCCC2)c1. The average molecular weight is 317 g/mol.